The number of benzene rings is 1. The van der Waals surface area contributed by atoms with Crippen LogP contribution in [0.15, 0.2) is 42.6 Å². The number of pyridine rings is 1. The smallest absolute Gasteiger partial charge is 0.416 e. The summed E-state index contributed by atoms with van der Waals surface area (Å²) >= 11 is 0. The second kappa shape index (κ2) is 6.84. The Bertz CT molecular complexity index is 879. The topological polar surface area (TPSA) is 59.5 Å². The van der Waals surface area contributed by atoms with Crippen LogP contribution in [0.5, 0.6) is 5.88 Å². The Morgan fingerprint density at radius 2 is 1.81 bits per heavy atom. The van der Waals surface area contributed by atoms with Gasteiger partial charge in [-0.3, -0.25) is 0 Å². The van der Waals surface area contributed by atoms with E-state index in [1.807, 2.05) is 0 Å². The number of rotatable bonds is 5. The average molecular weight is 390 g/mol. The first kappa shape index (κ1) is 18.6. The van der Waals surface area contributed by atoms with E-state index in [4.69, 9.17) is 4.74 Å². The molecular weight excluding hydrogens is 376 g/mol. The molecule has 1 aromatic carbocycles. The van der Waals surface area contributed by atoms with E-state index in [1.165, 1.54) is 24.3 Å². The van der Waals surface area contributed by atoms with Crippen LogP contribution in [0.3, 0.4) is 0 Å². The number of alkyl halides is 3. The van der Waals surface area contributed by atoms with Crippen LogP contribution in [-0.2, 0) is 22.0 Å². The molecule has 1 fully saturated rings. The fourth-order valence-corrected chi connectivity index (χ4v) is 3.99. The molecule has 0 aliphatic carbocycles. The second-order valence-electron chi connectivity index (χ2n) is 5.82. The summed E-state index contributed by atoms with van der Waals surface area (Å²) in [5.74, 6) is -0.959. The highest BCUT2D eigenvalue weighted by Crippen LogP contribution is 2.31. The molecule has 0 radical (unpaired) electrons. The zero-order valence-corrected chi connectivity index (χ0v) is 14.1. The number of hydrogen-bond donors (Lipinski definition) is 0. The zero-order chi connectivity index (χ0) is 18.9. The van der Waals surface area contributed by atoms with Crippen molar-refractivity contribution in [3.05, 3.63) is 59.5 Å². The standard InChI is InChI=1S/C16H14F4N2O3S/c17-13-3-1-11(2-4-13)10-26(23,24)22-8-14(9-22)25-15-7-12(5-6-21-15)16(18,19)20/h1-7,14H,8-10H2. The summed E-state index contributed by atoms with van der Waals surface area (Å²) in [4.78, 5) is 3.71. The van der Waals surface area contributed by atoms with Gasteiger partial charge in [0.05, 0.1) is 24.4 Å². The molecule has 10 heteroatoms. The molecule has 2 heterocycles. The lowest BCUT2D eigenvalue weighted by Gasteiger charge is -2.37. The molecule has 1 aromatic heterocycles. The Labute approximate surface area is 147 Å². The Hall–Kier alpha value is -2.20. The van der Waals surface area contributed by atoms with Gasteiger partial charge in [0.15, 0.2) is 0 Å². The van der Waals surface area contributed by atoms with Crippen molar-refractivity contribution >= 4 is 10.0 Å². The van der Waals surface area contributed by atoms with Gasteiger partial charge in [-0.25, -0.2) is 17.8 Å². The van der Waals surface area contributed by atoms with Crippen LogP contribution in [0.2, 0.25) is 0 Å². The van der Waals surface area contributed by atoms with Crippen molar-refractivity contribution in [2.75, 3.05) is 13.1 Å². The number of sulfonamides is 1. The molecule has 0 spiro atoms. The van der Waals surface area contributed by atoms with E-state index in [0.717, 1.165) is 22.6 Å². The molecule has 0 saturated carbocycles. The fourth-order valence-electron chi connectivity index (χ4n) is 2.41. The average Bonchev–Trinajstić information content (AvgIpc) is 2.52. The first-order valence-corrected chi connectivity index (χ1v) is 9.16. The van der Waals surface area contributed by atoms with Gasteiger partial charge < -0.3 is 4.74 Å². The second-order valence-corrected chi connectivity index (χ2v) is 7.79. The highest BCUT2D eigenvalue weighted by molar-refractivity contribution is 7.88. The van der Waals surface area contributed by atoms with Gasteiger partial charge in [0, 0.05) is 12.3 Å². The fraction of sp³-hybridized carbons (Fsp3) is 0.312. The predicted molar refractivity (Wildman–Crippen MR) is 84.3 cm³/mol. The Kier molecular flexibility index (Phi) is 4.89. The van der Waals surface area contributed by atoms with E-state index in [9.17, 15) is 26.0 Å². The number of nitrogens with zero attached hydrogens (tertiary/aromatic N) is 2. The number of hydrogen-bond acceptors (Lipinski definition) is 4. The lowest BCUT2D eigenvalue weighted by Crippen LogP contribution is -2.56. The van der Waals surface area contributed by atoms with Crippen molar-refractivity contribution in [1.82, 2.24) is 9.29 Å². The first-order chi connectivity index (χ1) is 12.1. The number of ether oxygens (including phenoxy) is 1. The predicted octanol–water partition coefficient (Wildman–Crippen LogP) is 2.83. The van der Waals surface area contributed by atoms with Gasteiger partial charge in [-0.05, 0) is 23.8 Å². The number of aromatic nitrogens is 1. The van der Waals surface area contributed by atoms with E-state index >= 15 is 0 Å². The Morgan fingerprint density at radius 1 is 1.15 bits per heavy atom. The summed E-state index contributed by atoms with van der Waals surface area (Å²) in [6, 6.07) is 6.71. The highest BCUT2D eigenvalue weighted by Gasteiger charge is 2.38. The monoisotopic (exact) mass is 390 g/mol. The van der Waals surface area contributed by atoms with Crippen LogP contribution < -0.4 is 4.74 Å². The third-order valence-corrected chi connectivity index (χ3v) is 5.60. The maximum absolute atomic E-state index is 12.9. The molecule has 0 bridgehead atoms. The maximum atomic E-state index is 12.9. The van der Waals surface area contributed by atoms with E-state index in [2.05, 4.69) is 4.98 Å². The molecule has 2 aromatic rings. The normalized spacial score (nSPS) is 16.3. The summed E-state index contributed by atoms with van der Waals surface area (Å²) in [6.07, 6.45) is -4.10. The van der Waals surface area contributed by atoms with Crippen molar-refractivity contribution in [3.8, 4) is 5.88 Å². The van der Waals surface area contributed by atoms with Crippen LogP contribution in [0, 0.1) is 5.82 Å². The molecule has 0 atom stereocenters. The SMILES string of the molecule is O=S(=O)(Cc1ccc(F)cc1)N1CC(Oc2cc(C(F)(F)F)ccn2)C1. The molecule has 26 heavy (non-hydrogen) atoms. The molecule has 0 unspecified atom stereocenters. The van der Waals surface area contributed by atoms with E-state index < -0.39 is 33.7 Å². The van der Waals surface area contributed by atoms with Crippen LogP contribution in [0.25, 0.3) is 0 Å². The Morgan fingerprint density at radius 3 is 2.42 bits per heavy atom. The van der Waals surface area contributed by atoms with Crippen molar-refractivity contribution in [2.24, 2.45) is 0 Å². The van der Waals surface area contributed by atoms with Gasteiger partial charge in [0.25, 0.3) is 0 Å². The van der Waals surface area contributed by atoms with E-state index in [1.54, 1.807) is 0 Å². The van der Waals surface area contributed by atoms with Crippen LogP contribution in [0.1, 0.15) is 11.1 Å². The van der Waals surface area contributed by atoms with E-state index in [0.29, 0.717) is 5.56 Å². The first-order valence-electron chi connectivity index (χ1n) is 7.56. The molecular formula is C16H14F4N2O3S. The molecule has 1 aliphatic heterocycles. The van der Waals surface area contributed by atoms with Gasteiger partial charge in [-0.15, -0.1) is 0 Å². The quantitative estimate of drug-likeness (QED) is 0.737. The largest absolute Gasteiger partial charge is 0.472 e. The lowest BCUT2D eigenvalue weighted by atomic mass is 10.2. The molecule has 5 nitrogen and oxygen atoms in total. The minimum absolute atomic E-state index is 0.0153. The van der Waals surface area contributed by atoms with Crippen molar-refractivity contribution in [1.29, 1.82) is 0 Å². The van der Waals surface area contributed by atoms with Crippen molar-refractivity contribution in [3.63, 3.8) is 0 Å². The summed E-state index contributed by atoms with van der Waals surface area (Å²) in [6.45, 7) is 0.0307. The third kappa shape index (κ3) is 4.31. The van der Waals surface area contributed by atoms with Gasteiger partial charge in [-0.2, -0.15) is 17.5 Å². The molecule has 0 amide bonds. The zero-order valence-electron chi connectivity index (χ0n) is 13.3. The van der Waals surface area contributed by atoms with Gasteiger partial charge in [-0.1, -0.05) is 12.1 Å². The Balaban J connectivity index is 1.57. The summed E-state index contributed by atoms with van der Waals surface area (Å²) < 4.78 is 81.8. The lowest BCUT2D eigenvalue weighted by molar-refractivity contribution is -0.137. The minimum Gasteiger partial charge on any atom is -0.472 e. The van der Waals surface area contributed by atoms with Crippen molar-refractivity contribution in [2.45, 2.75) is 18.0 Å². The molecule has 0 N–H and O–H groups in total. The minimum atomic E-state index is -4.51. The van der Waals surface area contributed by atoms with Crippen LogP contribution in [0.4, 0.5) is 17.6 Å². The summed E-state index contributed by atoms with van der Waals surface area (Å²) in [5, 5.41) is 0. The molecule has 140 valence electrons. The highest BCUT2D eigenvalue weighted by atomic mass is 32.2. The summed E-state index contributed by atoms with van der Waals surface area (Å²) in [5.41, 5.74) is -0.446. The molecule has 3 rings (SSSR count). The van der Waals surface area contributed by atoms with Crippen LogP contribution in [-0.4, -0.2) is 36.9 Å². The van der Waals surface area contributed by atoms with Gasteiger partial charge in [0.1, 0.15) is 11.9 Å². The maximum Gasteiger partial charge on any atom is 0.416 e. The third-order valence-electron chi connectivity index (χ3n) is 3.82. The molecule has 1 saturated heterocycles. The molecule has 1 aliphatic rings. The number of halogens is 4. The van der Waals surface area contributed by atoms with Crippen molar-refractivity contribution < 1.29 is 30.7 Å². The summed E-state index contributed by atoms with van der Waals surface area (Å²) in [7, 11) is -3.62. The van der Waals surface area contributed by atoms with Crippen LogP contribution >= 0.6 is 0 Å². The van der Waals surface area contributed by atoms with Gasteiger partial charge >= 0.3 is 6.18 Å². The van der Waals surface area contributed by atoms with Gasteiger partial charge in [0.2, 0.25) is 15.9 Å². The van der Waals surface area contributed by atoms with E-state index in [-0.39, 0.29) is 24.7 Å².